The van der Waals surface area contributed by atoms with Crippen molar-refractivity contribution in [3.8, 4) is 0 Å². The summed E-state index contributed by atoms with van der Waals surface area (Å²) in [7, 11) is 0. The van der Waals surface area contributed by atoms with Crippen LogP contribution in [-0.4, -0.2) is 140 Å². The van der Waals surface area contributed by atoms with E-state index >= 15 is 0 Å². The predicted octanol–water partition coefficient (Wildman–Crippen LogP) is 13.7. The van der Waals surface area contributed by atoms with Crippen LogP contribution in [0.15, 0.2) is 36.5 Å². The van der Waals surface area contributed by atoms with Crippen LogP contribution in [0.5, 0.6) is 0 Å². The summed E-state index contributed by atoms with van der Waals surface area (Å²) in [5.41, 5.74) is 0. The third kappa shape index (κ3) is 39.0. The molecule has 0 radical (unpaired) electrons. The number of hydrogen-bond acceptors (Lipinski definition) is 13. The minimum atomic E-state index is -1.79. The molecule has 14 nitrogen and oxygen atoms in total. The number of ether oxygens (including phenoxy) is 4. The Morgan fingerprint density at radius 3 is 1.18 bits per heavy atom. The third-order valence-electron chi connectivity index (χ3n) is 17.0. The number of aliphatic hydroxyl groups excluding tert-OH is 8. The molecule has 2 aliphatic rings. The van der Waals surface area contributed by atoms with Crippen LogP contribution in [-0.2, 0) is 23.7 Å². The van der Waals surface area contributed by atoms with Crippen molar-refractivity contribution in [2.75, 3.05) is 19.8 Å². The van der Waals surface area contributed by atoms with Crippen molar-refractivity contribution >= 4 is 5.91 Å². The maximum atomic E-state index is 13.3. The molecular formula is C69H129NO13. The highest BCUT2D eigenvalue weighted by molar-refractivity contribution is 5.76. The van der Waals surface area contributed by atoms with Crippen molar-refractivity contribution in [3.63, 3.8) is 0 Å². The number of unbranched alkanes of at least 4 members (excludes halogenated alkanes) is 40. The highest BCUT2D eigenvalue weighted by Crippen LogP contribution is 2.30. The van der Waals surface area contributed by atoms with Gasteiger partial charge in [0.1, 0.15) is 48.8 Å². The Labute approximate surface area is 506 Å². The van der Waals surface area contributed by atoms with Crippen LogP contribution < -0.4 is 5.32 Å². The van der Waals surface area contributed by atoms with Gasteiger partial charge < -0.3 is 65.1 Å². The van der Waals surface area contributed by atoms with E-state index in [1.807, 2.05) is 6.08 Å². The molecule has 0 aromatic heterocycles. The first-order valence-electron chi connectivity index (χ1n) is 34.7. The summed E-state index contributed by atoms with van der Waals surface area (Å²) in [5.74, 6) is -0.245. The van der Waals surface area contributed by atoms with Crippen LogP contribution in [0, 0.1) is 0 Å². The van der Waals surface area contributed by atoms with Crippen LogP contribution in [0.3, 0.4) is 0 Å². The van der Waals surface area contributed by atoms with Gasteiger partial charge in [0.05, 0.1) is 32.0 Å². The number of nitrogens with one attached hydrogen (secondary N) is 1. The SMILES string of the molecule is CCCCCCCC/C=C/CC/C=C/C(O)C(COC1OC(CO)C(OC2OC(CO)C(O)C(O)C2O)C(O)C1O)NC(=O)CCCCCCCCCCCCCCCCCCCCCCCCCCC/C=C\CCCCCCCCCC. The van der Waals surface area contributed by atoms with E-state index in [2.05, 4.69) is 43.5 Å². The van der Waals surface area contributed by atoms with Crippen molar-refractivity contribution in [2.45, 2.75) is 376 Å². The molecule has 83 heavy (non-hydrogen) atoms. The number of rotatable bonds is 57. The van der Waals surface area contributed by atoms with Crippen LogP contribution in [0.4, 0.5) is 0 Å². The number of aliphatic hydroxyl groups is 8. The summed E-state index contributed by atoms with van der Waals surface area (Å²) in [6, 6.07) is -0.928. The number of carbonyl (C=O) groups excluding carboxylic acids is 1. The second-order valence-corrected chi connectivity index (χ2v) is 24.6. The maximum Gasteiger partial charge on any atom is 0.220 e. The van der Waals surface area contributed by atoms with Crippen LogP contribution in [0.25, 0.3) is 0 Å². The van der Waals surface area contributed by atoms with Crippen LogP contribution in [0.1, 0.15) is 303 Å². The largest absolute Gasteiger partial charge is 0.394 e. The molecule has 488 valence electrons. The predicted molar refractivity (Wildman–Crippen MR) is 337 cm³/mol. The molecule has 12 atom stereocenters. The smallest absolute Gasteiger partial charge is 0.220 e. The second kappa shape index (κ2) is 54.4. The minimum Gasteiger partial charge on any atom is -0.394 e. The number of allylic oxidation sites excluding steroid dienone is 5. The molecular weight excluding hydrogens is 1050 g/mol. The third-order valence-corrected chi connectivity index (χ3v) is 17.0. The Morgan fingerprint density at radius 1 is 0.422 bits per heavy atom. The van der Waals surface area contributed by atoms with E-state index in [0.29, 0.717) is 12.8 Å². The molecule has 0 bridgehead atoms. The van der Waals surface area contributed by atoms with E-state index in [0.717, 1.165) is 32.1 Å². The summed E-state index contributed by atoms with van der Waals surface area (Å²) in [4.78, 5) is 13.3. The van der Waals surface area contributed by atoms with Gasteiger partial charge in [-0.05, 0) is 57.8 Å². The lowest BCUT2D eigenvalue weighted by molar-refractivity contribution is -0.359. The molecule has 0 aromatic rings. The Balaban J connectivity index is 1.56. The number of amides is 1. The van der Waals surface area contributed by atoms with E-state index < -0.39 is 86.8 Å². The first-order valence-corrected chi connectivity index (χ1v) is 34.7. The molecule has 14 heteroatoms. The molecule has 12 unspecified atom stereocenters. The highest BCUT2D eigenvalue weighted by Gasteiger charge is 2.51. The lowest BCUT2D eigenvalue weighted by Gasteiger charge is -2.46. The molecule has 0 spiro atoms. The summed E-state index contributed by atoms with van der Waals surface area (Å²) >= 11 is 0. The Kier molecular flexibility index (Phi) is 50.6. The molecule has 2 heterocycles. The van der Waals surface area contributed by atoms with Crippen molar-refractivity contribution < 1.29 is 64.6 Å². The van der Waals surface area contributed by atoms with Gasteiger partial charge in [0.15, 0.2) is 12.6 Å². The van der Waals surface area contributed by atoms with Crippen LogP contribution in [0.2, 0.25) is 0 Å². The first kappa shape index (κ1) is 77.3. The van der Waals surface area contributed by atoms with E-state index in [9.17, 15) is 45.6 Å². The van der Waals surface area contributed by atoms with Crippen LogP contribution >= 0.6 is 0 Å². The summed E-state index contributed by atoms with van der Waals surface area (Å²) < 4.78 is 22.8. The maximum absolute atomic E-state index is 13.3. The average molecular weight is 1180 g/mol. The fourth-order valence-electron chi connectivity index (χ4n) is 11.5. The van der Waals surface area contributed by atoms with E-state index in [1.165, 1.54) is 238 Å². The molecule has 0 aliphatic carbocycles. The Bertz CT molecular complexity index is 1530. The monoisotopic (exact) mass is 1180 g/mol. The van der Waals surface area contributed by atoms with E-state index in [-0.39, 0.29) is 18.9 Å². The molecule has 9 N–H and O–H groups in total. The van der Waals surface area contributed by atoms with Crippen molar-refractivity contribution in [3.05, 3.63) is 36.5 Å². The average Bonchev–Trinajstić information content (AvgIpc) is 3.58. The molecule has 2 fully saturated rings. The van der Waals surface area contributed by atoms with Gasteiger partial charge >= 0.3 is 0 Å². The van der Waals surface area contributed by atoms with Gasteiger partial charge in [0, 0.05) is 6.42 Å². The quantitative estimate of drug-likeness (QED) is 0.0204. The summed E-state index contributed by atoms with van der Waals surface area (Å²) in [5, 5.41) is 87.1. The van der Waals surface area contributed by atoms with E-state index in [1.54, 1.807) is 6.08 Å². The van der Waals surface area contributed by atoms with E-state index in [4.69, 9.17) is 18.9 Å². The number of carbonyl (C=O) groups is 1. The standard InChI is InChI=1S/C69H129NO13/c1-3-5-7-9-11-13-15-17-18-19-20-21-22-23-24-25-26-27-28-29-30-31-32-33-34-35-36-37-38-39-40-41-43-45-47-49-51-53-61(74)70-57(58(73)52-50-48-46-44-42-16-14-12-10-8-6-4-2)56-80-68-66(79)64(77)67(60(55-72)82-68)83-69-65(78)63(76)62(75)59(54-71)81-69/h19-20,42,44,50,52,57-60,62-69,71-73,75-79H,3-18,21-41,43,45-49,51,53-56H2,1-2H3,(H,70,74)/b20-19-,44-42+,52-50+. The lowest BCUT2D eigenvalue weighted by Crippen LogP contribution is -2.65. The second-order valence-electron chi connectivity index (χ2n) is 24.6. The Hall–Kier alpha value is -1.79. The Morgan fingerprint density at radius 2 is 0.771 bits per heavy atom. The normalized spacial score (nSPS) is 24.0. The number of hydrogen-bond donors (Lipinski definition) is 9. The van der Waals surface area contributed by atoms with Gasteiger partial charge in [0.2, 0.25) is 5.91 Å². The fourth-order valence-corrected chi connectivity index (χ4v) is 11.5. The molecule has 2 saturated heterocycles. The fraction of sp³-hybridized carbons (Fsp3) is 0.899. The lowest BCUT2D eigenvalue weighted by atomic mass is 9.97. The minimum absolute atomic E-state index is 0.245. The van der Waals surface area contributed by atoms with Gasteiger partial charge in [-0.3, -0.25) is 4.79 Å². The summed E-state index contributed by atoms with van der Waals surface area (Å²) in [6.45, 7) is 2.78. The van der Waals surface area contributed by atoms with Crippen molar-refractivity contribution in [1.29, 1.82) is 0 Å². The van der Waals surface area contributed by atoms with Gasteiger partial charge in [-0.1, -0.05) is 275 Å². The van der Waals surface area contributed by atoms with Gasteiger partial charge in [-0.2, -0.15) is 0 Å². The molecule has 2 aliphatic heterocycles. The van der Waals surface area contributed by atoms with Gasteiger partial charge in [0.25, 0.3) is 0 Å². The van der Waals surface area contributed by atoms with Crippen molar-refractivity contribution in [2.24, 2.45) is 0 Å². The van der Waals surface area contributed by atoms with Gasteiger partial charge in [-0.15, -0.1) is 0 Å². The highest BCUT2D eigenvalue weighted by atomic mass is 16.7. The van der Waals surface area contributed by atoms with Crippen molar-refractivity contribution in [1.82, 2.24) is 5.32 Å². The zero-order chi connectivity index (χ0) is 60.2. The summed E-state index contributed by atoms with van der Waals surface area (Å²) in [6.07, 6.45) is 52.5. The molecule has 1 amide bonds. The molecule has 2 rings (SSSR count). The zero-order valence-corrected chi connectivity index (χ0v) is 53.0. The molecule has 0 saturated carbocycles. The van der Waals surface area contributed by atoms with Gasteiger partial charge in [-0.25, -0.2) is 0 Å². The molecule has 0 aromatic carbocycles. The first-order chi connectivity index (χ1) is 40.6. The topological polar surface area (TPSA) is 228 Å². The zero-order valence-electron chi connectivity index (χ0n) is 53.0.